The predicted molar refractivity (Wildman–Crippen MR) is 85.6 cm³/mol. The van der Waals surface area contributed by atoms with E-state index in [2.05, 4.69) is 9.72 Å². The number of amides is 1. The summed E-state index contributed by atoms with van der Waals surface area (Å²) in [6.07, 6.45) is 1.21. The predicted octanol–water partition coefficient (Wildman–Crippen LogP) is 2.06. The highest BCUT2D eigenvalue weighted by Gasteiger charge is 2.20. The van der Waals surface area contributed by atoms with Gasteiger partial charge in [0.1, 0.15) is 6.26 Å². The van der Waals surface area contributed by atoms with E-state index < -0.39 is 5.97 Å². The molecule has 2 aromatic rings. The van der Waals surface area contributed by atoms with E-state index in [1.165, 1.54) is 13.4 Å². The highest BCUT2D eigenvalue weighted by Crippen LogP contribution is 2.12. The summed E-state index contributed by atoms with van der Waals surface area (Å²) in [5.74, 6) is -0.491. The lowest BCUT2D eigenvalue weighted by molar-refractivity contribution is 0.0594. The normalized spacial score (nSPS) is 10.5. The highest BCUT2D eigenvalue weighted by molar-refractivity contribution is 5.94. The number of nitrogens with zero attached hydrogens (tertiary/aromatic N) is 2. The summed E-state index contributed by atoms with van der Waals surface area (Å²) in [6, 6.07) is 7.30. The number of aryl methyl sites for hydroxylation is 1. The van der Waals surface area contributed by atoms with Crippen molar-refractivity contribution in [3.8, 4) is 0 Å². The molecule has 0 aliphatic carbocycles. The maximum atomic E-state index is 12.7. The van der Waals surface area contributed by atoms with Crippen LogP contribution in [0.15, 0.2) is 34.9 Å². The number of ether oxygens (including phenoxy) is 2. The Labute approximate surface area is 140 Å². The summed E-state index contributed by atoms with van der Waals surface area (Å²) in [7, 11) is 2.83. The Morgan fingerprint density at radius 1 is 1.21 bits per heavy atom. The maximum absolute atomic E-state index is 12.7. The largest absolute Gasteiger partial charge is 0.464 e. The molecular weight excluding hydrogens is 312 g/mol. The number of rotatable bonds is 7. The minimum atomic E-state index is -0.585. The van der Waals surface area contributed by atoms with Gasteiger partial charge in [-0.2, -0.15) is 0 Å². The zero-order valence-corrected chi connectivity index (χ0v) is 13.9. The molecule has 0 aliphatic heterocycles. The SMILES string of the molecule is COCCN(Cc1nc(C(=O)OC)co1)C(=O)c1ccc(C)cc1. The number of benzene rings is 1. The van der Waals surface area contributed by atoms with Gasteiger partial charge in [-0.15, -0.1) is 0 Å². The number of aromatic nitrogens is 1. The summed E-state index contributed by atoms with van der Waals surface area (Å²) in [5, 5.41) is 0. The second kappa shape index (κ2) is 8.26. The fourth-order valence-corrected chi connectivity index (χ4v) is 2.08. The maximum Gasteiger partial charge on any atom is 0.360 e. The van der Waals surface area contributed by atoms with Gasteiger partial charge in [0.2, 0.25) is 5.89 Å². The molecule has 0 unspecified atom stereocenters. The third-order valence-electron chi connectivity index (χ3n) is 3.42. The van der Waals surface area contributed by atoms with Crippen LogP contribution in [0.4, 0.5) is 0 Å². The summed E-state index contributed by atoms with van der Waals surface area (Å²) in [6.45, 7) is 2.84. The Morgan fingerprint density at radius 3 is 2.54 bits per heavy atom. The average molecular weight is 332 g/mol. The number of oxazole rings is 1. The molecule has 128 valence electrons. The second-order valence-electron chi connectivity index (χ2n) is 5.20. The monoisotopic (exact) mass is 332 g/mol. The summed E-state index contributed by atoms with van der Waals surface area (Å²) >= 11 is 0. The van der Waals surface area contributed by atoms with E-state index in [1.807, 2.05) is 19.1 Å². The first-order chi connectivity index (χ1) is 11.5. The lowest BCUT2D eigenvalue weighted by Crippen LogP contribution is -2.33. The molecule has 0 atom stereocenters. The molecule has 0 radical (unpaired) electrons. The Kier molecular flexibility index (Phi) is 6.08. The molecule has 0 spiro atoms. The molecule has 7 nitrogen and oxygen atoms in total. The first-order valence-electron chi connectivity index (χ1n) is 7.42. The Bertz CT molecular complexity index is 693. The second-order valence-corrected chi connectivity index (χ2v) is 5.20. The van der Waals surface area contributed by atoms with Gasteiger partial charge in [-0.25, -0.2) is 9.78 Å². The average Bonchev–Trinajstić information content (AvgIpc) is 3.06. The fraction of sp³-hybridized carbons (Fsp3) is 0.353. The molecule has 0 N–H and O–H groups in total. The Morgan fingerprint density at radius 2 is 1.92 bits per heavy atom. The van der Waals surface area contributed by atoms with Crippen molar-refractivity contribution in [1.29, 1.82) is 0 Å². The van der Waals surface area contributed by atoms with Gasteiger partial charge in [0.25, 0.3) is 5.91 Å². The van der Waals surface area contributed by atoms with Crippen LogP contribution in [0.1, 0.15) is 32.3 Å². The quantitative estimate of drug-likeness (QED) is 0.722. The number of carbonyl (C=O) groups excluding carboxylic acids is 2. The summed E-state index contributed by atoms with van der Waals surface area (Å²) < 4.78 is 14.9. The molecule has 0 bridgehead atoms. The van der Waals surface area contributed by atoms with E-state index in [0.717, 1.165) is 5.56 Å². The van der Waals surface area contributed by atoms with Gasteiger partial charge >= 0.3 is 5.97 Å². The van der Waals surface area contributed by atoms with E-state index in [-0.39, 0.29) is 24.0 Å². The summed E-state index contributed by atoms with van der Waals surface area (Å²) in [5.41, 5.74) is 1.71. The van der Waals surface area contributed by atoms with Crippen molar-refractivity contribution in [3.05, 3.63) is 53.2 Å². The van der Waals surface area contributed by atoms with Crippen molar-refractivity contribution in [2.24, 2.45) is 0 Å². The van der Waals surface area contributed by atoms with Gasteiger partial charge in [0.15, 0.2) is 5.69 Å². The molecule has 1 aromatic heterocycles. The van der Waals surface area contributed by atoms with Crippen LogP contribution < -0.4 is 0 Å². The molecule has 24 heavy (non-hydrogen) atoms. The van der Waals surface area contributed by atoms with Crippen molar-refractivity contribution in [1.82, 2.24) is 9.88 Å². The minimum Gasteiger partial charge on any atom is -0.464 e. The first kappa shape index (κ1) is 17.7. The number of hydrogen-bond donors (Lipinski definition) is 0. The molecule has 0 aliphatic rings. The van der Waals surface area contributed by atoms with Gasteiger partial charge in [0, 0.05) is 19.2 Å². The Hall–Kier alpha value is -2.67. The van der Waals surface area contributed by atoms with Crippen LogP contribution >= 0.6 is 0 Å². The molecule has 2 rings (SSSR count). The van der Waals surface area contributed by atoms with Crippen LogP contribution in [0, 0.1) is 6.92 Å². The van der Waals surface area contributed by atoms with Crippen LogP contribution in [-0.2, 0) is 16.0 Å². The molecule has 1 aromatic carbocycles. The van der Waals surface area contributed by atoms with E-state index >= 15 is 0 Å². The smallest absolute Gasteiger partial charge is 0.360 e. The fourth-order valence-electron chi connectivity index (χ4n) is 2.08. The number of esters is 1. The third kappa shape index (κ3) is 4.42. The number of methoxy groups -OCH3 is 2. The van der Waals surface area contributed by atoms with Crippen LogP contribution in [0.25, 0.3) is 0 Å². The molecule has 0 saturated carbocycles. The van der Waals surface area contributed by atoms with Gasteiger partial charge in [0.05, 0.1) is 20.3 Å². The van der Waals surface area contributed by atoms with Gasteiger partial charge in [-0.3, -0.25) is 4.79 Å². The van der Waals surface area contributed by atoms with Gasteiger partial charge < -0.3 is 18.8 Å². The van der Waals surface area contributed by atoms with Gasteiger partial charge in [-0.05, 0) is 19.1 Å². The zero-order chi connectivity index (χ0) is 17.5. The van der Waals surface area contributed by atoms with Crippen molar-refractivity contribution in [2.45, 2.75) is 13.5 Å². The van der Waals surface area contributed by atoms with Crippen LogP contribution in [0.2, 0.25) is 0 Å². The lowest BCUT2D eigenvalue weighted by Gasteiger charge is -2.21. The Balaban J connectivity index is 2.15. The molecule has 7 heteroatoms. The standard InChI is InChI=1S/C17H20N2O5/c1-12-4-6-13(7-5-12)16(20)19(8-9-22-2)10-15-18-14(11-24-15)17(21)23-3/h4-7,11H,8-10H2,1-3H3. The van der Waals surface area contributed by atoms with Crippen molar-refractivity contribution < 1.29 is 23.5 Å². The minimum absolute atomic E-state index is 0.0713. The zero-order valence-electron chi connectivity index (χ0n) is 13.9. The molecule has 1 heterocycles. The van der Waals surface area contributed by atoms with E-state index in [1.54, 1.807) is 24.1 Å². The van der Waals surface area contributed by atoms with Crippen LogP contribution in [0.3, 0.4) is 0 Å². The number of hydrogen-bond acceptors (Lipinski definition) is 6. The van der Waals surface area contributed by atoms with E-state index in [4.69, 9.17) is 9.15 Å². The molecular formula is C17H20N2O5. The van der Waals surface area contributed by atoms with E-state index in [0.29, 0.717) is 18.7 Å². The van der Waals surface area contributed by atoms with Crippen molar-refractivity contribution in [3.63, 3.8) is 0 Å². The van der Waals surface area contributed by atoms with Crippen LogP contribution in [-0.4, -0.2) is 49.1 Å². The van der Waals surface area contributed by atoms with Gasteiger partial charge in [-0.1, -0.05) is 17.7 Å². The van der Waals surface area contributed by atoms with Crippen molar-refractivity contribution >= 4 is 11.9 Å². The topological polar surface area (TPSA) is 81.9 Å². The third-order valence-corrected chi connectivity index (χ3v) is 3.42. The first-order valence-corrected chi connectivity index (χ1v) is 7.42. The van der Waals surface area contributed by atoms with E-state index in [9.17, 15) is 9.59 Å². The molecule has 0 saturated heterocycles. The highest BCUT2D eigenvalue weighted by atomic mass is 16.5. The molecule has 1 amide bonds. The lowest BCUT2D eigenvalue weighted by atomic mass is 10.1. The van der Waals surface area contributed by atoms with Crippen LogP contribution in [0.5, 0.6) is 0 Å². The summed E-state index contributed by atoms with van der Waals surface area (Å²) in [4.78, 5) is 29.7. The molecule has 0 fully saturated rings. The number of carbonyl (C=O) groups is 2. The van der Waals surface area contributed by atoms with Crippen molar-refractivity contribution in [2.75, 3.05) is 27.4 Å².